The van der Waals surface area contributed by atoms with Gasteiger partial charge in [-0.2, -0.15) is 0 Å². The molecular weight excluding hydrogens is 418 g/mol. The number of nitrogens with one attached hydrogen (secondary N) is 3. The fourth-order valence-corrected chi connectivity index (χ4v) is 3.54. The van der Waals surface area contributed by atoms with Crippen molar-refractivity contribution in [1.29, 1.82) is 0 Å². The van der Waals surface area contributed by atoms with Gasteiger partial charge in [0.2, 0.25) is 5.91 Å². The molecule has 0 radical (unpaired) electrons. The summed E-state index contributed by atoms with van der Waals surface area (Å²) in [7, 11) is 3.19. The molecule has 0 spiro atoms. The molecule has 0 bridgehead atoms. The third-order valence-electron chi connectivity index (χ3n) is 5.37. The highest BCUT2D eigenvalue weighted by molar-refractivity contribution is 6.00. The highest BCUT2D eigenvalue weighted by Crippen LogP contribution is 2.22. The summed E-state index contributed by atoms with van der Waals surface area (Å²) in [4.78, 5) is 29.2. The summed E-state index contributed by atoms with van der Waals surface area (Å²) in [6.45, 7) is 0.328. The Labute approximate surface area is 191 Å². The molecule has 0 fully saturated rings. The standard InChI is InChI=1S/C26H25N3O4/c1-32-20-11-8-17(9-12-20)16-27-26(31)24(18-6-4-3-5-7-18)29-25(30)23-14-19-10-13-21(33-2)15-22(19)28-23/h3-15,24,28H,16H2,1-2H3,(H,27,31)(H,29,30)/t24-/m1/s1. The van der Waals surface area contributed by atoms with E-state index in [1.807, 2.05) is 72.8 Å². The predicted molar refractivity (Wildman–Crippen MR) is 126 cm³/mol. The van der Waals surface area contributed by atoms with Crippen LogP contribution >= 0.6 is 0 Å². The third-order valence-corrected chi connectivity index (χ3v) is 5.37. The smallest absolute Gasteiger partial charge is 0.268 e. The molecule has 1 atom stereocenters. The maximum absolute atomic E-state index is 13.1. The van der Waals surface area contributed by atoms with Crippen LogP contribution in [0, 0.1) is 0 Å². The molecule has 0 saturated heterocycles. The van der Waals surface area contributed by atoms with Gasteiger partial charge in [-0.1, -0.05) is 42.5 Å². The molecule has 4 rings (SSSR count). The molecule has 0 aliphatic heterocycles. The number of rotatable bonds is 8. The lowest BCUT2D eigenvalue weighted by Crippen LogP contribution is -2.40. The Morgan fingerprint density at radius 3 is 2.27 bits per heavy atom. The lowest BCUT2D eigenvalue weighted by molar-refractivity contribution is -0.123. The molecule has 7 heteroatoms. The number of aromatic nitrogens is 1. The van der Waals surface area contributed by atoms with Gasteiger partial charge in [0.15, 0.2) is 0 Å². The van der Waals surface area contributed by atoms with Gasteiger partial charge in [-0.25, -0.2) is 0 Å². The Morgan fingerprint density at radius 1 is 0.879 bits per heavy atom. The second-order valence-corrected chi connectivity index (χ2v) is 7.52. The largest absolute Gasteiger partial charge is 0.497 e. The average molecular weight is 444 g/mol. The Bertz CT molecular complexity index is 1250. The molecule has 2 amide bonds. The number of amides is 2. The molecule has 0 aliphatic rings. The minimum absolute atomic E-state index is 0.303. The summed E-state index contributed by atoms with van der Waals surface area (Å²) < 4.78 is 10.4. The Balaban J connectivity index is 1.51. The first-order valence-corrected chi connectivity index (χ1v) is 10.5. The SMILES string of the molecule is COc1ccc(CNC(=O)[C@H](NC(=O)c2cc3ccc(OC)cc3[nH]2)c2ccccc2)cc1. The minimum Gasteiger partial charge on any atom is -0.497 e. The van der Waals surface area contributed by atoms with Crippen LogP contribution < -0.4 is 20.1 Å². The van der Waals surface area contributed by atoms with Gasteiger partial charge in [-0.05, 0) is 41.5 Å². The molecule has 1 heterocycles. The summed E-state index contributed by atoms with van der Waals surface area (Å²) in [5.74, 6) is 0.758. The van der Waals surface area contributed by atoms with Gasteiger partial charge in [0, 0.05) is 23.5 Å². The number of methoxy groups -OCH3 is 2. The monoisotopic (exact) mass is 443 g/mol. The fourth-order valence-electron chi connectivity index (χ4n) is 3.54. The lowest BCUT2D eigenvalue weighted by atomic mass is 10.1. The number of ether oxygens (including phenoxy) is 2. The van der Waals surface area contributed by atoms with Gasteiger partial charge < -0.3 is 25.1 Å². The van der Waals surface area contributed by atoms with Gasteiger partial charge in [0.25, 0.3) is 5.91 Å². The zero-order valence-corrected chi connectivity index (χ0v) is 18.4. The number of fused-ring (bicyclic) bond motifs is 1. The van der Waals surface area contributed by atoms with Gasteiger partial charge in [-0.15, -0.1) is 0 Å². The van der Waals surface area contributed by atoms with Crippen molar-refractivity contribution in [3.05, 3.63) is 95.7 Å². The Kier molecular flexibility index (Phi) is 6.59. The Morgan fingerprint density at radius 2 is 1.58 bits per heavy atom. The molecule has 7 nitrogen and oxygen atoms in total. The van der Waals surface area contributed by atoms with Gasteiger partial charge in [-0.3, -0.25) is 9.59 Å². The van der Waals surface area contributed by atoms with Crippen LogP contribution in [0.25, 0.3) is 10.9 Å². The third kappa shape index (κ3) is 5.15. The van der Waals surface area contributed by atoms with E-state index < -0.39 is 6.04 Å². The van der Waals surface area contributed by atoms with Crippen LogP contribution in [0.1, 0.15) is 27.7 Å². The van der Waals surface area contributed by atoms with Crippen LogP contribution in [0.15, 0.2) is 78.9 Å². The molecule has 33 heavy (non-hydrogen) atoms. The summed E-state index contributed by atoms with van der Waals surface area (Å²) in [5.41, 5.74) is 2.75. The summed E-state index contributed by atoms with van der Waals surface area (Å²) in [6, 6.07) is 23.0. The van der Waals surface area contributed by atoms with Crippen LogP contribution in [0.5, 0.6) is 11.5 Å². The summed E-state index contributed by atoms with van der Waals surface area (Å²) >= 11 is 0. The molecule has 0 unspecified atom stereocenters. The molecule has 1 aromatic heterocycles. The first kappa shape index (κ1) is 22.0. The second-order valence-electron chi connectivity index (χ2n) is 7.52. The van der Waals surface area contributed by atoms with Gasteiger partial charge in [0.05, 0.1) is 14.2 Å². The van der Waals surface area contributed by atoms with Crippen molar-refractivity contribution in [3.8, 4) is 11.5 Å². The van der Waals surface area contributed by atoms with E-state index in [-0.39, 0.29) is 11.8 Å². The highest BCUT2D eigenvalue weighted by Gasteiger charge is 2.24. The number of H-pyrrole nitrogens is 1. The summed E-state index contributed by atoms with van der Waals surface area (Å²) in [6.07, 6.45) is 0. The maximum atomic E-state index is 13.1. The van der Waals surface area contributed by atoms with Crippen molar-refractivity contribution in [2.45, 2.75) is 12.6 Å². The van der Waals surface area contributed by atoms with Gasteiger partial charge >= 0.3 is 0 Å². The number of carbonyl (C=O) groups is 2. The van der Waals surface area contributed by atoms with Crippen LogP contribution in [0.3, 0.4) is 0 Å². The van der Waals surface area contributed by atoms with Crippen molar-refractivity contribution < 1.29 is 19.1 Å². The summed E-state index contributed by atoms with van der Waals surface area (Å²) in [5, 5.41) is 6.65. The second kappa shape index (κ2) is 9.91. The lowest BCUT2D eigenvalue weighted by Gasteiger charge is -2.19. The Hall–Kier alpha value is -4.26. The topological polar surface area (TPSA) is 92.5 Å². The van der Waals surface area contributed by atoms with Crippen molar-refractivity contribution in [2.75, 3.05) is 14.2 Å². The first-order valence-electron chi connectivity index (χ1n) is 10.5. The van der Waals surface area contributed by atoms with Crippen molar-refractivity contribution in [3.63, 3.8) is 0 Å². The van der Waals surface area contributed by atoms with Crippen molar-refractivity contribution in [1.82, 2.24) is 15.6 Å². The zero-order chi connectivity index (χ0) is 23.2. The molecule has 0 saturated carbocycles. The van der Waals surface area contributed by atoms with E-state index in [9.17, 15) is 9.59 Å². The van der Waals surface area contributed by atoms with Crippen LogP contribution in [-0.4, -0.2) is 31.0 Å². The van der Waals surface area contributed by atoms with Crippen LogP contribution in [0.2, 0.25) is 0 Å². The quantitative estimate of drug-likeness (QED) is 0.384. The van der Waals surface area contributed by atoms with E-state index in [1.165, 1.54) is 0 Å². The van der Waals surface area contributed by atoms with Crippen LogP contribution in [0.4, 0.5) is 0 Å². The minimum atomic E-state index is -0.849. The van der Waals surface area contributed by atoms with E-state index >= 15 is 0 Å². The molecular formula is C26H25N3O4. The van der Waals surface area contributed by atoms with Crippen LogP contribution in [-0.2, 0) is 11.3 Å². The van der Waals surface area contributed by atoms with E-state index in [1.54, 1.807) is 20.3 Å². The normalized spacial score (nSPS) is 11.6. The number of carbonyl (C=O) groups excluding carboxylic acids is 2. The zero-order valence-electron chi connectivity index (χ0n) is 18.4. The first-order chi connectivity index (χ1) is 16.1. The highest BCUT2D eigenvalue weighted by atomic mass is 16.5. The average Bonchev–Trinajstić information content (AvgIpc) is 3.30. The van der Waals surface area contributed by atoms with E-state index in [0.717, 1.165) is 22.2 Å². The van der Waals surface area contributed by atoms with E-state index in [4.69, 9.17) is 9.47 Å². The molecule has 0 aliphatic carbocycles. The van der Waals surface area contributed by atoms with Crippen molar-refractivity contribution in [2.24, 2.45) is 0 Å². The van der Waals surface area contributed by atoms with E-state index in [0.29, 0.717) is 23.6 Å². The molecule has 168 valence electrons. The van der Waals surface area contributed by atoms with E-state index in [2.05, 4.69) is 15.6 Å². The number of hydrogen-bond acceptors (Lipinski definition) is 4. The number of benzene rings is 3. The predicted octanol–water partition coefficient (Wildman–Crippen LogP) is 3.97. The van der Waals surface area contributed by atoms with Crippen molar-refractivity contribution >= 4 is 22.7 Å². The van der Waals surface area contributed by atoms with Gasteiger partial charge in [0.1, 0.15) is 23.2 Å². The maximum Gasteiger partial charge on any atom is 0.268 e. The fraction of sp³-hybridized carbons (Fsp3) is 0.154. The number of hydrogen-bond donors (Lipinski definition) is 3. The number of aromatic amines is 1. The molecule has 3 N–H and O–H groups in total. The molecule has 4 aromatic rings. The molecule has 3 aromatic carbocycles.